The third-order valence-electron chi connectivity index (χ3n) is 4.29. The predicted molar refractivity (Wildman–Crippen MR) is 92.8 cm³/mol. The lowest BCUT2D eigenvalue weighted by Gasteiger charge is -2.35. The van der Waals surface area contributed by atoms with Crippen LogP contribution in [-0.2, 0) is 9.31 Å². The Morgan fingerprint density at radius 2 is 2.00 bits per heavy atom. The molecule has 0 bridgehead atoms. The van der Waals surface area contributed by atoms with Gasteiger partial charge in [0, 0.05) is 33.3 Å². The summed E-state index contributed by atoms with van der Waals surface area (Å²) < 4.78 is 111. The Morgan fingerprint density at radius 3 is 2.68 bits per heavy atom. The van der Waals surface area contributed by atoms with E-state index in [1.54, 1.807) is 6.07 Å². The molecule has 2 aliphatic rings. The van der Waals surface area contributed by atoms with Crippen molar-refractivity contribution in [3.05, 3.63) is 24.3 Å². The fraction of sp³-hybridized carbons (Fsp3) is 0.667. The fourth-order valence-corrected chi connectivity index (χ4v) is 2.27. The van der Waals surface area contributed by atoms with E-state index in [-0.39, 0.29) is 10.6 Å². The van der Waals surface area contributed by atoms with Gasteiger partial charge in [-0.05, 0) is 71.3 Å². The zero-order chi connectivity index (χ0) is 26.6. The quantitative estimate of drug-likeness (QED) is 0.782. The van der Waals surface area contributed by atoms with Crippen LogP contribution in [0.3, 0.4) is 0 Å². The van der Waals surface area contributed by atoms with Crippen molar-refractivity contribution in [1.82, 2.24) is 0 Å². The van der Waals surface area contributed by atoms with Gasteiger partial charge in [-0.15, -0.1) is 0 Å². The Balaban J connectivity index is 2.26. The molecule has 2 saturated heterocycles. The SMILES string of the molecule is [2H]C([2H])([2H])C1([2H])N(c2cccc(B3OC(C)(C)C(C)(C)O3)c2)C([2H])([2H])C([2H])([2H])C([2H])([2H])C1([2H])[2H]. The van der Waals surface area contributed by atoms with Crippen molar-refractivity contribution < 1.29 is 25.8 Å². The molecule has 1 aromatic carbocycles. The van der Waals surface area contributed by atoms with Crippen LogP contribution < -0.4 is 10.4 Å². The molecule has 0 N–H and O–H groups in total. The van der Waals surface area contributed by atoms with Gasteiger partial charge < -0.3 is 14.2 Å². The number of nitrogens with zero attached hydrogens (tertiary/aromatic N) is 1. The van der Waals surface area contributed by atoms with Crippen LogP contribution in [0.4, 0.5) is 5.69 Å². The second-order valence-corrected chi connectivity index (χ2v) is 6.35. The van der Waals surface area contributed by atoms with Crippen LogP contribution in [0.1, 0.15) is 70.1 Å². The predicted octanol–water partition coefficient (Wildman–Crippen LogP) is 3.36. The maximum absolute atomic E-state index is 8.74. The lowest BCUT2D eigenvalue weighted by molar-refractivity contribution is 0.00578. The molecule has 22 heavy (non-hydrogen) atoms. The van der Waals surface area contributed by atoms with Crippen LogP contribution in [0.15, 0.2) is 24.3 Å². The van der Waals surface area contributed by atoms with E-state index in [9.17, 15) is 0 Å². The van der Waals surface area contributed by atoms with Crippen LogP contribution in [0.2, 0.25) is 0 Å². The third-order valence-corrected chi connectivity index (χ3v) is 4.29. The summed E-state index contributed by atoms with van der Waals surface area (Å²) in [7, 11) is -0.950. The summed E-state index contributed by atoms with van der Waals surface area (Å²) in [6, 6.07) is 1.90. The van der Waals surface area contributed by atoms with Gasteiger partial charge in [0.25, 0.3) is 0 Å². The van der Waals surface area contributed by atoms with Crippen molar-refractivity contribution in [1.29, 1.82) is 0 Å². The topological polar surface area (TPSA) is 21.7 Å². The van der Waals surface area contributed by atoms with Gasteiger partial charge in [-0.3, -0.25) is 0 Å². The molecule has 1 unspecified atom stereocenters. The first-order valence-corrected chi connectivity index (χ1v) is 7.16. The highest BCUT2D eigenvalue weighted by atomic mass is 16.7. The minimum absolute atomic E-state index is 0.197. The van der Waals surface area contributed by atoms with Crippen molar-refractivity contribution in [2.24, 2.45) is 0 Å². The molecule has 0 amide bonds. The third kappa shape index (κ3) is 2.79. The van der Waals surface area contributed by atoms with Crippen molar-refractivity contribution in [3.8, 4) is 0 Å². The molecule has 0 radical (unpaired) electrons. The maximum atomic E-state index is 8.74. The molecule has 3 rings (SSSR count). The van der Waals surface area contributed by atoms with Crippen LogP contribution in [0.5, 0.6) is 0 Å². The van der Waals surface area contributed by atoms with E-state index >= 15 is 0 Å². The largest absolute Gasteiger partial charge is 0.494 e. The van der Waals surface area contributed by atoms with Crippen molar-refractivity contribution in [2.75, 3.05) is 11.4 Å². The Morgan fingerprint density at radius 1 is 1.27 bits per heavy atom. The van der Waals surface area contributed by atoms with Gasteiger partial charge in [0.05, 0.1) is 12.6 Å². The summed E-state index contributed by atoms with van der Waals surface area (Å²) >= 11 is 0. The monoisotopic (exact) mass is 313 g/mol. The van der Waals surface area contributed by atoms with Gasteiger partial charge in [0.1, 0.15) is 0 Å². The summed E-state index contributed by atoms with van der Waals surface area (Å²) in [5.74, 6) is 0. The van der Waals surface area contributed by atoms with Crippen LogP contribution in [-0.4, -0.2) is 30.8 Å². The molecule has 4 heteroatoms. The standard InChI is InChI=1S/C18H28BNO2/c1-14-9-6-7-12-20(14)16-11-8-10-15(13-16)19-21-17(2,3)18(4,5)22-19/h8,10-11,13-14H,6-7,9,12H2,1-5H3/i1D3,6D2,7D2,9D2,12D2,14D. The van der Waals surface area contributed by atoms with Crippen LogP contribution >= 0.6 is 0 Å². The number of hydrogen-bond acceptors (Lipinski definition) is 3. The van der Waals surface area contributed by atoms with Crippen LogP contribution in [0, 0.1) is 0 Å². The molecule has 120 valence electrons. The van der Waals surface area contributed by atoms with E-state index in [1.807, 2.05) is 27.7 Å². The lowest BCUT2D eigenvalue weighted by Crippen LogP contribution is -2.41. The highest BCUT2D eigenvalue weighted by Crippen LogP contribution is 2.36. The number of hydrogen-bond donors (Lipinski definition) is 0. The summed E-state index contributed by atoms with van der Waals surface area (Å²) in [6.07, 6.45) is -10.9. The molecular weight excluding hydrogens is 273 g/mol. The summed E-state index contributed by atoms with van der Waals surface area (Å²) in [5, 5.41) is 0. The minimum Gasteiger partial charge on any atom is -0.399 e. The van der Waals surface area contributed by atoms with Gasteiger partial charge in [-0.25, -0.2) is 0 Å². The molecule has 0 spiro atoms. The average molecular weight is 313 g/mol. The average Bonchev–Trinajstić information content (AvgIpc) is 2.87. The molecule has 2 heterocycles. The van der Waals surface area contributed by atoms with Crippen molar-refractivity contribution in [3.63, 3.8) is 0 Å². The molecule has 0 aromatic heterocycles. The molecule has 2 aliphatic heterocycles. The van der Waals surface area contributed by atoms with Gasteiger partial charge in [-0.1, -0.05) is 12.1 Å². The Bertz CT molecular complexity index is 964. The minimum atomic E-state index is -3.67. The maximum Gasteiger partial charge on any atom is 0.494 e. The summed E-state index contributed by atoms with van der Waals surface area (Å²) in [6.45, 7) is 0.244. The smallest absolute Gasteiger partial charge is 0.399 e. The highest BCUT2D eigenvalue weighted by Gasteiger charge is 2.51. The highest BCUT2D eigenvalue weighted by molar-refractivity contribution is 6.62. The number of piperidine rings is 1. The Hall–Kier alpha value is -0.995. The molecule has 0 saturated carbocycles. The molecular formula is C18H28BNO2. The van der Waals surface area contributed by atoms with E-state index in [2.05, 4.69) is 0 Å². The van der Waals surface area contributed by atoms with E-state index in [0.717, 1.165) is 0 Å². The second kappa shape index (κ2) is 5.57. The fourth-order valence-electron chi connectivity index (χ4n) is 2.27. The molecule has 1 aromatic rings. The Labute approximate surface area is 152 Å². The van der Waals surface area contributed by atoms with Crippen molar-refractivity contribution >= 4 is 18.3 Å². The second-order valence-electron chi connectivity index (χ2n) is 6.35. The van der Waals surface area contributed by atoms with E-state index < -0.39 is 56.8 Å². The van der Waals surface area contributed by atoms with E-state index in [4.69, 9.17) is 25.8 Å². The molecule has 1 atom stereocenters. The zero-order valence-electron chi connectivity index (χ0n) is 25.2. The van der Waals surface area contributed by atoms with Gasteiger partial charge in [-0.2, -0.15) is 0 Å². The first-order valence-electron chi connectivity index (χ1n) is 13.2. The molecule has 3 nitrogen and oxygen atoms in total. The van der Waals surface area contributed by atoms with Crippen molar-refractivity contribution in [2.45, 2.75) is 70.9 Å². The number of benzene rings is 1. The van der Waals surface area contributed by atoms with E-state index in [0.29, 0.717) is 5.46 Å². The summed E-state index contributed by atoms with van der Waals surface area (Å²) in [4.78, 5) is 0.197. The Kier molecular flexibility index (Phi) is 1.74. The molecule has 2 fully saturated rings. The lowest BCUT2D eigenvalue weighted by atomic mass is 9.79. The zero-order valence-corrected chi connectivity index (χ0v) is 13.2. The normalized spacial score (nSPS) is 48.4. The summed E-state index contributed by atoms with van der Waals surface area (Å²) in [5.41, 5.74) is -1.46. The van der Waals surface area contributed by atoms with Gasteiger partial charge in [0.15, 0.2) is 0 Å². The van der Waals surface area contributed by atoms with Gasteiger partial charge in [0.2, 0.25) is 0 Å². The number of anilines is 1. The van der Waals surface area contributed by atoms with E-state index in [1.165, 1.54) is 18.2 Å². The van der Waals surface area contributed by atoms with Crippen LogP contribution in [0.25, 0.3) is 0 Å². The number of rotatable bonds is 2. The first-order chi connectivity index (χ1) is 14.9. The first kappa shape index (κ1) is 6.86. The van der Waals surface area contributed by atoms with Gasteiger partial charge >= 0.3 is 7.12 Å². The molecule has 0 aliphatic carbocycles.